The van der Waals surface area contributed by atoms with Gasteiger partial charge in [0.1, 0.15) is 0 Å². The molecule has 1 aromatic heterocycles. The van der Waals surface area contributed by atoms with Gasteiger partial charge in [0.05, 0.1) is 16.5 Å². The molecule has 120 valence electrons. The molecule has 1 unspecified atom stereocenters. The molecule has 1 atom stereocenters. The van der Waals surface area contributed by atoms with Crippen molar-refractivity contribution in [2.24, 2.45) is 5.92 Å². The summed E-state index contributed by atoms with van der Waals surface area (Å²) < 4.78 is 6.62. The van der Waals surface area contributed by atoms with E-state index in [2.05, 4.69) is 32.9 Å². The summed E-state index contributed by atoms with van der Waals surface area (Å²) in [6.07, 6.45) is 7.25. The van der Waals surface area contributed by atoms with Crippen LogP contribution in [-0.4, -0.2) is 46.5 Å². The Labute approximate surface area is 137 Å². The summed E-state index contributed by atoms with van der Waals surface area (Å²) in [5.41, 5.74) is 0.981. The summed E-state index contributed by atoms with van der Waals surface area (Å²) in [5, 5.41) is 8.46. The van der Waals surface area contributed by atoms with Crippen molar-refractivity contribution in [3.05, 3.63) is 17.8 Å². The fourth-order valence-electron chi connectivity index (χ4n) is 3.95. The van der Waals surface area contributed by atoms with Gasteiger partial charge >= 0.3 is 0 Å². The van der Waals surface area contributed by atoms with Crippen molar-refractivity contribution >= 4 is 17.6 Å². The van der Waals surface area contributed by atoms with E-state index in [0.29, 0.717) is 10.9 Å². The second-order valence-corrected chi connectivity index (χ2v) is 8.68. The SMILES string of the molecule is Cc1ccc(N2CC3(CC(OCC4CCCC4)CS3)C2)nn1. The zero-order chi connectivity index (χ0) is 15.0. The Kier molecular flexibility index (Phi) is 4.03. The fourth-order valence-corrected chi connectivity index (χ4v) is 5.50. The van der Waals surface area contributed by atoms with E-state index in [1.807, 2.05) is 13.0 Å². The molecule has 1 aliphatic carbocycles. The number of anilines is 1. The minimum Gasteiger partial charge on any atom is -0.377 e. The Balaban J connectivity index is 1.26. The molecule has 3 fully saturated rings. The average Bonchev–Trinajstić information content (AvgIpc) is 3.14. The molecule has 0 radical (unpaired) electrons. The molecule has 1 spiro atoms. The van der Waals surface area contributed by atoms with Crippen molar-refractivity contribution in [3.63, 3.8) is 0 Å². The van der Waals surface area contributed by atoms with E-state index in [0.717, 1.165) is 37.1 Å². The molecule has 4 rings (SSSR count). The number of aromatic nitrogens is 2. The van der Waals surface area contributed by atoms with Crippen LogP contribution >= 0.6 is 11.8 Å². The zero-order valence-electron chi connectivity index (χ0n) is 13.3. The van der Waals surface area contributed by atoms with E-state index in [4.69, 9.17) is 4.74 Å². The third-order valence-electron chi connectivity index (χ3n) is 5.28. The van der Waals surface area contributed by atoms with Gasteiger partial charge < -0.3 is 9.64 Å². The predicted molar refractivity (Wildman–Crippen MR) is 90.5 cm³/mol. The normalized spacial score (nSPS) is 27.5. The highest BCUT2D eigenvalue weighted by atomic mass is 32.2. The van der Waals surface area contributed by atoms with Crippen LogP contribution in [0.15, 0.2) is 12.1 Å². The molecule has 0 bridgehead atoms. The topological polar surface area (TPSA) is 38.2 Å². The molecular formula is C17H25N3OS. The van der Waals surface area contributed by atoms with Gasteiger partial charge in [-0.3, -0.25) is 0 Å². The first-order valence-electron chi connectivity index (χ1n) is 8.53. The van der Waals surface area contributed by atoms with Gasteiger partial charge in [0, 0.05) is 25.4 Å². The second kappa shape index (κ2) is 6.00. The monoisotopic (exact) mass is 319 g/mol. The molecule has 0 N–H and O–H groups in total. The zero-order valence-corrected chi connectivity index (χ0v) is 14.1. The number of thioether (sulfide) groups is 1. The van der Waals surface area contributed by atoms with E-state index < -0.39 is 0 Å². The largest absolute Gasteiger partial charge is 0.377 e. The van der Waals surface area contributed by atoms with Gasteiger partial charge in [-0.25, -0.2) is 0 Å². The lowest BCUT2D eigenvalue weighted by Crippen LogP contribution is -2.59. The quantitative estimate of drug-likeness (QED) is 0.853. The molecule has 0 aromatic carbocycles. The summed E-state index contributed by atoms with van der Waals surface area (Å²) in [7, 11) is 0. The first kappa shape index (κ1) is 14.8. The van der Waals surface area contributed by atoms with Crippen molar-refractivity contribution in [3.8, 4) is 0 Å². The number of hydrogen-bond acceptors (Lipinski definition) is 5. The molecule has 3 aliphatic rings. The van der Waals surface area contributed by atoms with Crippen molar-refractivity contribution in [1.29, 1.82) is 0 Å². The van der Waals surface area contributed by atoms with Crippen LogP contribution < -0.4 is 4.90 Å². The maximum Gasteiger partial charge on any atom is 0.151 e. The minimum atomic E-state index is 0.410. The number of nitrogens with zero attached hydrogens (tertiary/aromatic N) is 3. The van der Waals surface area contributed by atoms with Crippen LogP contribution in [0.25, 0.3) is 0 Å². The van der Waals surface area contributed by atoms with Gasteiger partial charge in [-0.2, -0.15) is 5.10 Å². The molecule has 2 aliphatic heterocycles. The van der Waals surface area contributed by atoms with Gasteiger partial charge in [0.25, 0.3) is 0 Å². The summed E-state index contributed by atoms with van der Waals surface area (Å²) in [4.78, 5) is 2.35. The van der Waals surface area contributed by atoms with Crippen LogP contribution in [-0.2, 0) is 4.74 Å². The Morgan fingerprint density at radius 2 is 2.09 bits per heavy atom. The first-order valence-corrected chi connectivity index (χ1v) is 9.52. The van der Waals surface area contributed by atoms with Crippen molar-refractivity contribution in [2.45, 2.75) is 49.9 Å². The molecule has 1 saturated carbocycles. The van der Waals surface area contributed by atoms with Crippen LogP contribution in [0, 0.1) is 12.8 Å². The second-order valence-electron chi connectivity index (χ2n) is 7.19. The van der Waals surface area contributed by atoms with Crippen molar-refractivity contribution < 1.29 is 4.74 Å². The third-order valence-corrected chi connectivity index (χ3v) is 6.86. The highest BCUT2D eigenvalue weighted by molar-refractivity contribution is 8.01. The van der Waals surface area contributed by atoms with E-state index >= 15 is 0 Å². The Morgan fingerprint density at radius 1 is 1.27 bits per heavy atom. The fraction of sp³-hybridized carbons (Fsp3) is 0.765. The third kappa shape index (κ3) is 2.98. The van der Waals surface area contributed by atoms with Crippen molar-refractivity contribution in [1.82, 2.24) is 10.2 Å². The van der Waals surface area contributed by atoms with E-state index in [1.165, 1.54) is 37.9 Å². The van der Waals surface area contributed by atoms with Gasteiger partial charge in [-0.15, -0.1) is 16.9 Å². The maximum absolute atomic E-state index is 6.21. The Morgan fingerprint density at radius 3 is 2.82 bits per heavy atom. The molecular weight excluding hydrogens is 294 g/mol. The van der Waals surface area contributed by atoms with Gasteiger partial charge in [0.15, 0.2) is 5.82 Å². The summed E-state index contributed by atoms with van der Waals surface area (Å²) in [6.45, 7) is 5.17. The average molecular weight is 319 g/mol. The maximum atomic E-state index is 6.21. The molecule has 0 amide bonds. The van der Waals surface area contributed by atoms with E-state index in [-0.39, 0.29) is 0 Å². The molecule has 22 heavy (non-hydrogen) atoms. The number of aryl methyl sites for hydroxylation is 1. The van der Waals surface area contributed by atoms with Crippen molar-refractivity contribution in [2.75, 3.05) is 30.3 Å². The number of rotatable bonds is 4. The minimum absolute atomic E-state index is 0.410. The molecule has 5 heteroatoms. The molecule has 4 nitrogen and oxygen atoms in total. The van der Waals surface area contributed by atoms with Crippen LogP contribution in [0.2, 0.25) is 0 Å². The predicted octanol–water partition coefficient (Wildman–Crippen LogP) is 3.06. The Bertz CT molecular complexity index is 509. The highest BCUT2D eigenvalue weighted by Gasteiger charge is 2.50. The van der Waals surface area contributed by atoms with Crippen LogP contribution in [0.4, 0.5) is 5.82 Å². The van der Waals surface area contributed by atoms with Crippen LogP contribution in [0.5, 0.6) is 0 Å². The van der Waals surface area contributed by atoms with Gasteiger partial charge in [0.2, 0.25) is 0 Å². The lowest BCUT2D eigenvalue weighted by molar-refractivity contribution is 0.0370. The van der Waals surface area contributed by atoms with Gasteiger partial charge in [-0.05, 0) is 44.2 Å². The highest BCUT2D eigenvalue weighted by Crippen LogP contribution is 2.47. The van der Waals surface area contributed by atoms with E-state index in [9.17, 15) is 0 Å². The number of ether oxygens (including phenoxy) is 1. The lowest BCUT2D eigenvalue weighted by atomic mass is 9.93. The van der Waals surface area contributed by atoms with Crippen LogP contribution in [0.3, 0.4) is 0 Å². The number of hydrogen-bond donors (Lipinski definition) is 0. The van der Waals surface area contributed by atoms with Gasteiger partial charge in [-0.1, -0.05) is 12.8 Å². The molecule has 2 saturated heterocycles. The van der Waals surface area contributed by atoms with Crippen LogP contribution in [0.1, 0.15) is 37.8 Å². The van der Waals surface area contributed by atoms with E-state index in [1.54, 1.807) is 0 Å². The first-order chi connectivity index (χ1) is 10.7. The summed E-state index contributed by atoms with van der Waals surface area (Å²) in [5.74, 6) is 3.02. The summed E-state index contributed by atoms with van der Waals surface area (Å²) >= 11 is 2.11. The lowest BCUT2D eigenvalue weighted by Gasteiger charge is -2.48. The summed E-state index contributed by atoms with van der Waals surface area (Å²) in [6, 6.07) is 4.13. The smallest absolute Gasteiger partial charge is 0.151 e. The molecule has 3 heterocycles. The molecule has 1 aromatic rings. The Hall–Kier alpha value is -0.810. The standard InChI is InChI=1S/C17H25N3OS/c1-13-6-7-16(19-18-13)20-11-17(12-20)8-15(10-22-17)21-9-14-4-2-3-5-14/h6-7,14-15H,2-5,8-12H2,1H3.